The van der Waals surface area contributed by atoms with Gasteiger partial charge in [0, 0.05) is 6.07 Å². The molecule has 0 nitrogen and oxygen atoms in total. The van der Waals surface area contributed by atoms with Gasteiger partial charge in [0.05, 0.1) is 5.38 Å². The van der Waals surface area contributed by atoms with Crippen LogP contribution in [0.1, 0.15) is 42.8 Å². The molecule has 1 atom stereocenters. The lowest BCUT2D eigenvalue weighted by Crippen LogP contribution is -2.10. The number of halogens is 3. The molecule has 0 N–H and O–H groups in total. The predicted octanol–water partition coefficient (Wildman–Crippen LogP) is 5.59. The van der Waals surface area contributed by atoms with Gasteiger partial charge in [-0.3, -0.25) is 0 Å². The van der Waals surface area contributed by atoms with E-state index < -0.39 is 17.0 Å². The molecule has 0 fully saturated rings. The SMILES string of the molecule is CC(C)(C)c1ccc(C(Cl)c2cc(F)cc(F)c2)cc1. The van der Waals surface area contributed by atoms with E-state index in [2.05, 4.69) is 20.8 Å². The summed E-state index contributed by atoms with van der Waals surface area (Å²) in [7, 11) is 0. The molecule has 3 heteroatoms. The molecule has 106 valence electrons. The van der Waals surface area contributed by atoms with E-state index >= 15 is 0 Å². The fourth-order valence-corrected chi connectivity index (χ4v) is 2.34. The zero-order chi connectivity index (χ0) is 14.9. The first kappa shape index (κ1) is 15.0. The third kappa shape index (κ3) is 3.37. The van der Waals surface area contributed by atoms with Gasteiger partial charge in [0.2, 0.25) is 0 Å². The Bertz CT molecular complexity index is 577. The molecule has 0 spiro atoms. The third-order valence-electron chi connectivity index (χ3n) is 3.25. The summed E-state index contributed by atoms with van der Waals surface area (Å²) in [4.78, 5) is 0. The molecule has 0 radical (unpaired) electrons. The third-order valence-corrected chi connectivity index (χ3v) is 3.75. The van der Waals surface area contributed by atoms with E-state index in [1.807, 2.05) is 24.3 Å². The molecule has 2 aromatic carbocycles. The van der Waals surface area contributed by atoms with Gasteiger partial charge in [-0.25, -0.2) is 8.78 Å². The van der Waals surface area contributed by atoms with Gasteiger partial charge in [-0.05, 0) is 34.2 Å². The van der Waals surface area contributed by atoms with E-state index in [1.165, 1.54) is 17.7 Å². The van der Waals surface area contributed by atoms with Crippen molar-refractivity contribution in [3.8, 4) is 0 Å². The van der Waals surface area contributed by atoms with Crippen molar-refractivity contribution in [1.82, 2.24) is 0 Å². The van der Waals surface area contributed by atoms with Crippen LogP contribution in [0.15, 0.2) is 42.5 Å². The Balaban J connectivity index is 2.31. The van der Waals surface area contributed by atoms with Crippen LogP contribution in [-0.2, 0) is 5.41 Å². The highest BCUT2D eigenvalue weighted by Gasteiger charge is 2.16. The quantitative estimate of drug-likeness (QED) is 0.633. The van der Waals surface area contributed by atoms with Crippen LogP contribution >= 0.6 is 11.6 Å². The monoisotopic (exact) mass is 294 g/mol. The van der Waals surface area contributed by atoms with Crippen molar-refractivity contribution >= 4 is 11.6 Å². The fourth-order valence-electron chi connectivity index (χ4n) is 2.07. The van der Waals surface area contributed by atoms with E-state index in [0.717, 1.165) is 11.6 Å². The first-order chi connectivity index (χ1) is 9.27. The molecule has 0 saturated carbocycles. The zero-order valence-electron chi connectivity index (χ0n) is 11.8. The maximum absolute atomic E-state index is 13.2. The molecule has 0 aliphatic carbocycles. The summed E-state index contributed by atoms with van der Waals surface area (Å²) in [6, 6.07) is 11.2. The predicted molar refractivity (Wildman–Crippen MR) is 79.2 cm³/mol. The smallest absolute Gasteiger partial charge is 0.126 e. The molecule has 0 bridgehead atoms. The van der Waals surface area contributed by atoms with Gasteiger partial charge >= 0.3 is 0 Å². The Labute approximate surface area is 123 Å². The van der Waals surface area contributed by atoms with Crippen LogP contribution in [-0.4, -0.2) is 0 Å². The highest BCUT2D eigenvalue weighted by Crippen LogP contribution is 2.31. The highest BCUT2D eigenvalue weighted by atomic mass is 35.5. The Morgan fingerprint density at radius 2 is 1.35 bits per heavy atom. The van der Waals surface area contributed by atoms with Gasteiger partial charge in [0.15, 0.2) is 0 Å². The van der Waals surface area contributed by atoms with Crippen LogP contribution in [0, 0.1) is 11.6 Å². The van der Waals surface area contributed by atoms with Crippen LogP contribution in [0.25, 0.3) is 0 Å². The minimum atomic E-state index is -0.614. The van der Waals surface area contributed by atoms with Crippen molar-refractivity contribution in [2.45, 2.75) is 31.6 Å². The van der Waals surface area contributed by atoms with Crippen molar-refractivity contribution in [3.05, 3.63) is 70.8 Å². The van der Waals surface area contributed by atoms with Crippen molar-refractivity contribution < 1.29 is 8.78 Å². The number of alkyl halides is 1. The van der Waals surface area contributed by atoms with Crippen molar-refractivity contribution in [2.24, 2.45) is 0 Å². The second-order valence-electron chi connectivity index (χ2n) is 5.94. The molecule has 0 aromatic heterocycles. The molecule has 0 amide bonds. The maximum atomic E-state index is 13.2. The number of benzene rings is 2. The standard InChI is InChI=1S/C17H17ClF2/c1-17(2,3)13-6-4-11(5-7-13)16(18)12-8-14(19)10-15(20)9-12/h4-10,16H,1-3H3. The molecule has 2 aromatic rings. The first-order valence-electron chi connectivity index (χ1n) is 6.48. The van der Waals surface area contributed by atoms with Crippen LogP contribution in [0.3, 0.4) is 0 Å². The molecule has 1 unspecified atom stereocenters. The summed E-state index contributed by atoms with van der Waals surface area (Å²) in [6.45, 7) is 6.38. The topological polar surface area (TPSA) is 0 Å². The Kier molecular flexibility index (Phi) is 4.14. The van der Waals surface area contributed by atoms with Crippen molar-refractivity contribution in [1.29, 1.82) is 0 Å². The van der Waals surface area contributed by atoms with E-state index in [9.17, 15) is 8.78 Å². The van der Waals surface area contributed by atoms with Crippen LogP contribution < -0.4 is 0 Å². The van der Waals surface area contributed by atoms with Gasteiger partial charge < -0.3 is 0 Å². The average Bonchev–Trinajstić information content (AvgIpc) is 2.36. The molecule has 0 aliphatic heterocycles. The average molecular weight is 295 g/mol. The number of hydrogen-bond donors (Lipinski definition) is 0. The summed E-state index contributed by atoms with van der Waals surface area (Å²) in [5, 5.41) is -0.561. The Morgan fingerprint density at radius 3 is 1.80 bits per heavy atom. The highest BCUT2D eigenvalue weighted by molar-refractivity contribution is 6.22. The molecular weight excluding hydrogens is 278 g/mol. The van der Waals surface area contributed by atoms with Gasteiger partial charge in [0.25, 0.3) is 0 Å². The van der Waals surface area contributed by atoms with Gasteiger partial charge in [-0.2, -0.15) is 0 Å². The van der Waals surface area contributed by atoms with Gasteiger partial charge in [0.1, 0.15) is 11.6 Å². The summed E-state index contributed by atoms with van der Waals surface area (Å²) in [6.07, 6.45) is 0. The summed E-state index contributed by atoms with van der Waals surface area (Å²) in [5.41, 5.74) is 2.50. The zero-order valence-corrected chi connectivity index (χ0v) is 12.5. The van der Waals surface area contributed by atoms with E-state index in [1.54, 1.807) is 0 Å². The second kappa shape index (κ2) is 5.53. The van der Waals surface area contributed by atoms with Gasteiger partial charge in [-0.1, -0.05) is 45.0 Å². The van der Waals surface area contributed by atoms with Crippen LogP contribution in [0.4, 0.5) is 8.78 Å². The summed E-state index contributed by atoms with van der Waals surface area (Å²) in [5.74, 6) is -1.23. The van der Waals surface area contributed by atoms with Gasteiger partial charge in [-0.15, -0.1) is 11.6 Å². The lowest BCUT2D eigenvalue weighted by atomic mass is 9.86. The van der Waals surface area contributed by atoms with Crippen molar-refractivity contribution in [3.63, 3.8) is 0 Å². The van der Waals surface area contributed by atoms with E-state index in [4.69, 9.17) is 11.6 Å². The molecule has 0 heterocycles. The molecule has 2 rings (SSSR count). The maximum Gasteiger partial charge on any atom is 0.126 e. The van der Waals surface area contributed by atoms with Crippen LogP contribution in [0.5, 0.6) is 0 Å². The van der Waals surface area contributed by atoms with E-state index in [0.29, 0.717) is 5.56 Å². The second-order valence-corrected chi connectivity index (χ2v) is 6.37. The van der Waals surface area contributed by atoms with E-state index in [-0.39, 0.29) is 5.41 Å². The first-order valence-corrected chi connectivity index (χ1v) is 6.91. The Morgan fingerprint density at radius 1 is 0.850 bits per heavy atom. The lowest BCUT2D eigenvalue weighted by Gasteiger charge is -2.20. The molecule has 20 heavy (non-hydrogen) atoms. The fraction of sp³-hybridized carbons (Fsp3) is 0.294. The van der Waals surface area contributed by atoms with Crippen LogP contribution in [0.2, 0.25) is 0 Å². The molecule has 0 saturated heterocycles. The minimum absolute atomic E-state index is 0.0608. The summed E-state index contributed by atoms with van der Waals surface area (Å²) >= 11 is 6.31. The van der Waals surface area contributed by atoms with Crippen molar-refractivity contribution in [2.75, 3.05) is 0 Å². The lowest BCUT2D eigenvalue weighted by molar-refractivity contribution is 0.580. The number of rotatable bonds is 2. The number of hydrogen-bond acceptors (Lipinski definition) is 0. The molecule has 0 aliphatic rings. The molecular formula is C17H17ClF2. The largest absolute Gasteiger partial charge is 0.207 e. The minimum Gasteiger partial charge on any atom is -0.207 e. The normalized spacial score (nSPS) is 13.3. The summed E-state index contributed by atoms with van der Waals surface area (Å²) < 4.78 is 26.5. The Hall–Kier alpha value is -1.41.